The number of ether oxygens (including phenoxy) is 1. The molecule has 4 heteroatoms. The molecule has 14 heavy (non-hydrogen) atoms. The minimum atomic E-state index is 0. The van der Waals surface area contributed by atoms with Crippen molar-refractivity contribution in [3.63, 3.8) is 0 Å². The maximum absolute atomic E-state index is 5.85. The Morgan fingerprint density at radius 1 is 1.43 bits per heavy atom. The Hall–Kier alpha value is 0.560. The van der Waals surface area contributed by atoms with E-state index in [0.29, 0.717) is 16.9 Å². The van der Waals surface area contributed by atoms with Gasteiger partial charge in [-0.2, -0.15) is 11.8 Å². The van der Waals surface area contributed by atoms with Crippen molar-refractivity contribution in [1.82, 2.24) is 5.32 Å². The average molecular weight is 238 g/mol. The molecule has 2 fully saturated rings. The third kappa shape index (κ3) is 3.02. The lowest BCUT2D eigenvalue weighted by molar-refractivity contribution is -0.0576. The summed E-state index contributed by atoms with van der Waals surface area (Å²) in [5, 5.41) is 4.21. The van der Waals surface area contributed by atoms with E-state index >= 15 is 0 Å². The van der Waals surface area contributed by atoms with E-state index in [1.54, 1.807) is 0 Å². The molecule has 2 atom stereocenters. The molecule has 2 heterocycles. The molecular formula is C10H20ClNOS. The highest BCUT2D eigenvalue weighted by atomic mass is 35.5. The van der Waals surface area contributed by atoms with Gasteiger partial charge in [-0.25, -0.2) is 0 Å². The third-order valence-corrected chi connectivity index (χ3v) is 4.17. The van der Waals surface area contributed by atoms with Crippen LogP contribution in [-0.2, 0) is 4.74 Å². The van der Waals surface area contributed by atoms with Gasteiger partial charge in [-0.3, -0.25) is 5.32 Å². The van der Waals surface area contributed by atoms with Gasteiger partial charge in [-0.05, 0) is 18.6 Å². The molecule has 2 nitrogen and oxygen atoms in total. The lowest BCUT2D eigenvalue weighted by Crippen LogP contribution is -2.51. The summed E-state index contributed by atoms with van der Waals surface area (Å²) in [7, 11) is 0. The van der Waals surface area contributed by atoms with Crippen LogP contribution in [0.15, 0.2) is 0 Å². The third-order valence-electron chi connectivity index (χ3n) is 2.74. The van der Waals surface area contributed by atoms with Crippen molar-refractivity contribution in [2.45, 2.75) is 38.2 Å². The molecule has 2 aliphatic heterocycles. The number of hydrogen-bond acceptors (Lipinski definition) is 3. The molecule has 0 saturated carbocycles. The second kappa shape index (κ2) is 5.06. The average Bonchev–Trinajstić information content (AvgIpc) is 2.56. The van der Waals surface area contributed by atoms with E-state index in [4.69, 9.17) is 4.74 Å². The van der Waals surface area contributed by atoms with Crippen LogP contribution in [0, 0.1) is 5.41 Å². The van der Waals surface area contributed by atoms with Gasteiger partial charge in [0.25, 0.3) is 0 Å². The second-order valence-corrected chi connectivity index (χ2v) is 6.18. The fourth-order valence-corrected chi connectivity index (χ4v) is 3.20. The monoisotopic (exact) mass is 237 g/mol. The summed E-state index contributed by atoms with van der Waals surface area (Å²) in [5.41, 5.74) is 0.319. The topological polar surface area (TPSA) is 21.3 Å². The molecule has 0 aromatic carbocycles. The fraction of sp³-hybridized carbons (Fsp3) is 1.00. The molecule has 2 rings (SSSR count). The Balaban J connectivity index is 0.000000980. The summed E-state index contributed by atoms with van der Waals surface area (Å²) in [5.74, 6) is 1.32. The number of thioether (sulfide) groups is 1. The van der Waals surface area contributed by atoms with Crippen LogP contribution >= 0.6 is 24.2 Å². The van der Waals surface area contributed by atoms with Crippen molar-refractivity contribution in [2.75, 3.05) is 18.9 Å². The van der Waals surface area contributed by atoms with Crippen LogP contribution in [0.4, 0.5) is 0 Å². The molecule has 2 saturated heterocycles. The molecule has 84 valence electrons. The summed E-state index contributed by atoms with van der Waals surface area (Å²) >= 11 is 2.06. The van der Waals surface area contributed by atoms with Gasteiger partial charge in [0.1, 0.15) is 6.23 Å². The normalized spacial score (nSPS) is 36.4. The second-order valence-electron chi connectivity index (χ2n) is 4.83. The molecule has 0 bridgehead atoms. The SMILES string of the molecule is CC1(C)CNC(C2CCCS2)OC1.Cl. The molecule has 0 aliphatic carbocycles. The zero-order valence-electron chi connectivity index (χ0n) is 8.91. The van der Waals surface area contributed by atoms with Crippen LogP contribution in [-0.4, -0.2) is 30.4 Å². The van der Waals surface area contributed by atoms with Gasteiger partial charge < -0.3 is 4.74 Å². The van der Waals surface area contributed by atoms with Gasteiger partial charge in [0.15, 0.2) is 0 Å². The molecule has 2 aliphatic rings. The molecule has 0 aromatic heterocycles. The van der Waals surface area contributed by atoms with Crippen molar-refractivity contribution in [1.29, 1.82) is 0 Å². The highest BCUT2D eigenvalue weighted by Gasteiger charge is 2.33. The van der Waals surface area contributed by atoms with E-state index in [1.165, 1.54) is 18.6 Å². The number of halogens is 1. The lowest BCUT2D eigenvalue weighted by atomic mass is 9.93. The van der Waals surface area contributed by atoms with Crippen molar-refractivity contribution in [3.8, 4) is 0 Å². The predicted molar refractivity (Wildman–Crippen MR) is 64.3 cm³/mol. The first kappa shape index (κ1) is 12.6. The van der Waals surface area contributed by atoms with Crippen LogP contribution < -0.4 is 5.32 Å². The summed E-state index contributed by atoms with van der Waals surface area (Å²) in [6, 6.07) is 0. The highest BCUT2D eigenvalue weighted by molar-refractivity contribution is 8.00. The minimum Gasteiger partial charge on any atom is -0.362 e. The quantitative estimate of drug-likeness (QED) is 0.756. The van der Waals surface area contributed by atoms with E-state index < -0.39 is 0 Å². The first-order valence-electron chi connectivity index (χ1n) is 5.14. The van der Waals surface area contributed by atoms with E-state index in [9.17, 15) is 0 Å². The van der Waals surface area contributed by atoms with Gasteiger partial charge in [0.2, 0.25) is 0 Å². The summed E-state index contributed by atoms with van der Waals surface area (Å²) in [6.07, 6.45) is 3.00. The maximum atomic E-state index is 5.85. The fourth-order valence-electron chi connectivity index (χ4n) is 1.88. The first-order chi connectivity index (χ1) is 6.17. The van der Waals surface area contributed by atoms with Crippen LogP contribution in [0.3, 0.4) is 0 Å². The summed E-state index contributed by atoms with van der Waals surface area (Å²) in [4.78, 5) is 0. The lowest BCUT2D eigenvalue weighted by Gasteiger charge is -2.37. The first-order valence-corrected chi connectivity index (χ1v) is 6.19. The van der Waals surface area contributed by atoms with Crippen molar-refractivity contribution in [3.05, 3.63) is 0 Å². The van der Waals surface area contributed by atoms with Crippen molar-refractivity contribution < 1.29 is 4.74 Å². The molecular weight excluding hydrogens is 218 g/mol. The Morgan fingerprint density at radius 3 is 2.71 bits per heavy atom. The number of rotatable bonds is 1. The predicted octanol–water partition coefficient (Wildman–Crippen LogP) is 2.28. The Labute approximate surface area is 97.0 Å². The smallest absolute Gasteiger partial charge is 0.120 e. The van der Waals surface area contributed by atoms with Gasteiger partial charge in [0, 0.05) is 17.2 Å². The van der Waals surface area contributed by atoms with Gasteiger partial charge in [-0.1, -0.05) is 13.8 Å². The van der Waals surface area contributed by atoms with E-state index in [1.807, 2.05) is 0 Å². The summed E-state index contributed by atoms with van der Waals surface area (Å²) < 4.78 is 5.85. The van der Waals surface area contributed by atoms with Gasteiger partial charge in [-0.15, -0.1) is 12.4 Å². The number of hydrogen-bond donors (Lipinski definition) is 1. The maximum Gasteiger partial charge on any atom is 0.120 e. The number of nitrogens with one attached hydrogen (secondary N) is 1. The molecule has 0 radical (unpaired) electrons. The Morgan fingerprint density at radius 2 is 2.21 bits per heavy atom. The van der Waals surface area contributed by atoms with E-state index in [-0.39, 0.29) is 12.4 Å². The minimum absolute atomic E-state index is 0. The molecule has 0 amide bonds. The van der Waals surface area contributed by atoms with E-state index in [0.717, 1.165) is 13.2 Å². The standard InChI is InChI=1S/C10H19NOS.ClH/c1-10(2)6-11-9(12-7-10)8-4-3-5-13-8;/h8-9,11H,3-7H2,1-2H3;1H. The molecule has 0 aromatic rings. The largest absolute Gasteiger partial charge is 0.362 e. The molecule has 2 unspecified atom stereocenters. The van der Waals surface area contributed by atoms with Crippen LogP contribution in [0.25, 0.3) is 0 Å². The van der Waals surface area contributed by atoms with Crippen molar-refractivity contribution in [2.24, 2.45) is 5.41 Å². The van der Waals surface area contributed by atoms with Gasteiger partial charge in [0.05, 0.1) is 6.61 Å². The zero-order valence-corrected chi connectivity index (χ0v) is 10.5. The highest BCUT2D eigenvalue weighted by Crippen LogP contribution is 2.32. The van der Waals surface area contributed by atoms with Crippen LogP contribution in [0.1, 0.15) is 26.7 Å². The van der Waals surface area contributed by atoms with Gasteiger partial charge >= 0.3 is 0 Å². The zero-order chi connectivity index (χ0) is 9.31. The van der Waals surface area contributed by atoms with E-state index in [2.05, 4.69) is 30.9 Å². The summed E-state index contributed by atoms with van der Waals surface area (Å²) in [6.45, 7) is 6.49. The van der Waals surface area contributed by atoms with Crippen LogP contribution in [0.5, 0.6) is 0 Å². The molecule has 1 N–H and O–H groups in total. The Kier molecular flexibility index (Phi) is 4.56. The van der Waals surface area contributed by atoms with Crippen LogP contribution in [0.2, 0.25) is 0 Å². The Bertz CT molecular complexity index is 173. The van der Waals surface area contributed by atoms with Crippen molar-refractivity contribution >= 4 is 24.2 Å². The molecule has 0 spiro atoms.